The molecule has 0 saturated heterocycles. The van der Waals surface area contributed by atoms with Crippen molar-refractivity contribution in [3.8, 4) is 0 Å². The first-order chi connectivity index (χ1) is 9.75. The average molecular weight is 262 g/mol. The Balaban J connectivity index is 1.77. The van der Waals surface area contributed by atoms with Gasteiger partial charge in [0.05, 0.1) is 11.8 Å². The molecule has 0 amide bonds. The van der Waals surface area contributed by atoms with Crippen LogP contribution in [0.1, 0.15) is 20.7 Å². The highest BCUT2D eigenvalue weighted by atomic mass is 16.1. The van der Waals surface area contributed by atoms with Gasteiger partial charge in [0.2, 0.25) is 0 Å². The zero-order chi connectivity index (χ0) is 13.9. The van der Waals surface area contributed by atoms with Crippen LogP contribution < -0.4 is 0 Å². The van der Waals surface area contributed by atoms with E-state index in [2.05, 4.69) is 0 Å². The number of benzene rings is 1. The normalized spacial score (nSPS) is 17.2. The zero-order valence-electron chi connectivity index (χ0n) is 10.9. The maximum Gasteiger partial charge on any atom is 0.173 e. The molecular weight excluding hydrogens is 248 g/mol. The molecule has 0 atom stereocenters. The first-order valence-corrected chi connectivity index (χ1v) is 6.64. The predicted molar refractivity (Wildman–Crippen MR) is 78.6 cm³/mol. The Kier molecular flexibility index (Phi) is 3.30. The predicted octanol–water partition coefficient (Wildman–Crippen LogP) is 3.54. The van der Waals surface area contributed by atoms with Crippen molar-refractivity contribution in [2.24, 2.45) is 11.8 Å². The summed E-state index contributed by atoms with van der Waals surface area (Å²) in [5, 5.41) is 0. The van der Waals surface area contributed by atoms with Gasteiger partial charge in [-0.3, -0.25) is 9.59 Å². The third kappa shape index (κ3) is 2.32. The third-order valence-electron chi connectivity index (χ3n) is 3.56. The maximum absolute atomic E-state index is 12.2. The molecule has 0 aromatic heterocycles. The summed E-state index contributed by atoms with van der Waals surface area (Å²) in [6.45, 7) is 0. The second-order valence-corrected chi connectivity index (χ2v) is 4.90. The van der Waals surface area contributed by atoms with E-state index in [0.717, 1.165) is 0 Å². The first kappa shape index (κ1) is 12.5. The van der Waals surface area contributed by atoms with E-state index in [4.69, 9.17) is 0 Å². The molecule has 20 heavy (non-hydrogen) atoms. The van der Waals surface area contributed by atoms with E-state index in [1.54, 1.807) is 24.3 Å². The van der Waals surface area contributed by atoms with Crippen LogP contribution in [0.3, 0.4) is 0 Å². The van der Waals surface area contributed by atoms with Crippen LogP contribution in [0, 0.1) is 11.8 Å². The van der Waals surface area contributed by atoms with E-state index in [1.807, 2.05) is 48.6 Å². The van der Waals surface area contributed by atoms with Gasteiger partial charge in [-0.25, -0.2) is 0 Å². The van der Waals surface area contributed by atoms with E-state index >= 15 is 0 Å². The molecule has 0 spiro atoms. The summed E-state index contributed by atoms with van der Waals surface area (Å²) in [6, 6.07) is 6.94. The molecule has 1 aromatic rings. The van der Waals surface area contributed by atoms with Crippen LogP contribution in [-0.2, 0) is 0 Å². The lowest BCUT2D eigenvalue weighted by Crippen LogP contribution is -2.11. The first-order valence-electron chi connectivity index (χ1n) is 6.64. The largest absolute Gasteiger partial charge is 0.293 e. The molecular formula is C18H14O2. The second kappa shape index (κ2) is 5.25. The summed E-state index contributed by atoms with van der Waals surface area (Å²) in [4.78, 5) is 24.3. The van der Waals surface area contributed by atoms with Gasteiger partial charge >= 0.3 is 0 Å². The van der Waals surface area contributed by atoms with Crippen molar-refractivity contribution in [1.82, 2.24) is 0 Å². The van der Waals surface area contributed by atoms with Crippen molar-refractivity contribution < 1.29 is 9.59 Å². The summed E-state index contributed by atoms with van der Waals surface area (Å²) >= 11 is 0. The van der Waals surface area contributed by atoms with E-state index in [9.17, 15) is 9.59 Å². The topological polar surface area (TPSA) is 34.1 Å². The molecule has 2 aliphatic rings. The molecule has 2 heteroatoms. The number of hydrogen-bond donors (Lipinski definition) is 0. The smallest absolute Gasteiger partial charge is 0.173 e. The van der Waals surface area contributed by atoms with Crippen LogP contribution in [0.25, 0.3) is 0 Å². The van der Waals surface area contributed by atoms with Crippen LogP contribution >= 0.6 is 0 Å². The van der Waals surface area contributed by atoms with Gasteiger partial charge in [-0.15, -0.1) is 0 Å². The van der Waals surface area contributed by atoms with Gasteiger partial charge < -0.3 is 0 Å². The van der Waals surface area contributed by atoms with Crippen molar-refractivity contribution in [1.29, 1.82) is 0 Å². The van der Waals surface area contributed by atoms with Gasteiger partial charge in [0, 0.05) is 11.1 Å². The summed E-state index contributed by atoms with van der Waals surface area (Å²) in [5.74, 6) is -0.209. The van der Waals surface area contributed by atoms with Gasteiger partial charge in [0.25, 0.3) is 0 Å². The molecule has 0 saturated carbocycles. The van der Waals surface area contributed by atoms with Crippen molar-refractivity contribution in [3.63, 3.8) is 0 Å². The molecule has 2 nitrogen and oxygen atoms in total. The fourth-order valence-electron chi connectivity index (χ4n) is 2.40. The third-order valence-corrected chi connectivity index (χ3v) is 3.56. The van der Waals surface area contributed by atoms with Crippen LogP contribution in [0.5, 0.6) is 0 Å². The lowest BCUT2D eigenvalue weighted by atomic mass is 9.95. The quantitative estimate of drug-likeness (QED) is 0.778. The Morgan fingerprint density at radius 2 is 0.900 bits per heavy atom. The Hall–Kier alpha value is -2.48. The van der Waals surface area contributed by atoms with Crippen LogP contribution in [0.15, 0.2) is 72.9 Å². The van der Waals surface area contributed by atoms with Gasteiger partial charge in [-0.1, -0.05) is 72.9 Å². The lowest BCUT2D eigenvalue weighted by Gasteiger charge is -2.07. The summed E-state index contributed by atoms with van der Waals surface area (Å²) in [6.07, 6.45) is 15.0. The Morgan fingerprint density at radius 1 is 0.600 bits per heavy atom. The highest BCUT2D eigenvalue weighted by Gasteiger charge is 2.19. The number of Topliss-reactive ketones (excluding diaryl/α,β-unsaturated/α-hetero) is 2. The molecule has 1 aromatic carbocycles. The molecule has 0 heterocycles. The van der Waals surface area contributed by atoms with E-state index in [1.165, 1.54) is 0 Å². The average Bonchev–Trinajstić information content (AvgIpc) is 3.18. The van der Waals surface area contributed by atoms with Gasteiger partial charge in [0.15, 0.2) is 11.6 Å². The SMILES string of the molecule is O=C(c1ccc(C(=O)C2C=CC=C2)cc1)C1C=CC=C1. The Labute approximate surface area is 117 Å². The van der Waals surface area contributed by atoms with Gasteiger partial charge in [-0.05, 0) is 0 Å². The summed E-state index contributed by atoms with van der Waals surface area (Å²) in [7, 11) is 0. The highest BCUT2D eigenvalue weighted by molar-refractivity contribution is 6.03. The van der Waals surface area contributed by atoms with Crippen LogP contribution in [-0.4, -0.2) is 11.6 Å². The van der Waals surface area contributed by atoms with Crippen LogP contribution in [0.4, 0.5) is 0 Å². The molecule has 98 valence electrons. The fraction of sp³-hybridized carbons (Fsp3) is 0.111. The van der Waals surface area contributed by atoms with E-state index in [0.29, 0.717) is 11.1 Å². The fourth-order valence-corrected chi connectivity index (χ4v) is 2.40. The molecule has 0 fully saturated rings. The molecule has 0 unspecified atom stereocenters. The number of allylic oxidation sites excluding steroid dienone is 8. The Morgan fingerprint density at radius 3 is 1.20 bits per heavy atom. The van der Waals surface area contributed by atoms with Crippen LogP contribution in [0.2, 0.25) is 0 Å². The zero-order valence-corrected chi connectivity index (χ0v) is 10.9. The minimum atomic E-state index is -0.169. The number of hydrogen-bond acceptors (Lipinski definition) is 2. The van der Waals surface area contributed by atoms with Crippen molar-refractivity contribution in [3.05, 3.63) is 84.0 Å². The molecule has 0 bridgehead atoms. The van der Waals surface area contributed by atoms with E-state index in [-0.39, 0.29) is 23.4 Å². The second-order valence-electron chi connectivity index (χ2n) is 4.90. The standard InChI is InChI=1S/C18H14O2/c19-17(13-5-1-2-6-13)15-9-11-16(12-10-15)18(20)14-7-3-4-8-14/h1-14H. The van der Waals surface area contributed by atoms with Crippen molar-refractivity contribution in [2.75, 3.05) is 0 Å². The molecule has 0 N–H and O–H groups in total. The van der Waals surface area contributed by atoms with Gasteiger partial charge in [-0.2, -0.15) is 0 Å². The lowest BCUT2D eigenvalue weighted by molar-refractivity contribution is 0.0954. The Bertz CT molecular complexity index is 574. The maximum atomic E-state index is 12.2. The molecule has 0 aliphatic heterocycles. The minimum Gasteiger partial charge on any atom is -0.293 e. The number of rotatable bonds is 4. The van der Waals surface area contributed by atoms with Crippen molar-refractivity contribution in [2.45, 2.75) is 0 Å². The van der Waals surface area contributed by atoms with Gasteiger partial charge in [0.1, 0.15) is 0 Å². The minimum absolute atomic E-state index is 0.0645. The number of ketones is 2. The summed E-state index contributed by atoms with van der Waals surface area (Å²) in [5.41, 5.74) is 1.28. The number of carbonyl (C=O) groups excluding carboxylic acids is 2. The van der Waals surface area contributed by atoms with E-state index < -0.39 is 0 Å². The number of carbonyl (C=O) groups is 2. The van der Waals surface area contributed by atoms with Crippen molar-refractivity contribution >= 4 is 11.6 Å². The molecule has 2 aliphatic carbocycles. The monoisotopic (exact) mass is 262 g/mol. The molecule has 3 rings (SSSR count). The molecule has 0 radical (unpaired) electrons. The summed E-state index contributed by atoms with van der Waals surface area (Å²) < 4.78 is 0. The highest BCUT2D eigenvalue weighted by Crippen LogP contribution is 2.19.